The van der Waals surface area contributed by atoms with Crippen molar-refractivity contribution >= 4 is 5.91 Å². The third-order valence-electron chi connectivity index (χ3n) is 10.6. The molecule has 6 heteroatoms. The Morgan fingerprint density at radius 1 is 0.950 bits per heavy atom. The predicted molar refractivity (Wildman–Crippen MR) is 153 cm³/mol. The lowest BCUT2D eigenvalue weighted by molar-refractivity contribution is -0.120. The molecule has 40 heavy (non-hydrogen) atoms. The van der Waals surface area contributed by atoms with Crippen LogP contribution < -0.4 is 10.6 Å². The molecule has 0 aliphatic heterocycles. The van der Waals surface area contributed by atoms with Gasteiger partial charge in [-0.3, -0.25) is 4.79 Å². The average Bonchev–Trinajstić information content (AvgIpc) is 2.91. The molecular weight excluding hydrogens is 506 g/mol. The van der Waals surface area contributed by atoms with Gasteiger partial charge in [-0.25, -0.2) is 8.78 Å². The minimum Gasteiger partial charge on any atom is -0.390 e. The molecule has 0 radical (unpaired) electrons. The maximum absolute atomic E-state index is 13.8. The summed E-state index contributed by atoms with van der Waals surface area (Å²) in [6.07, 6.45) is 11.8. The van der Waals surface area contributed by atoms with Crippen LogP contribution in [0.15, 0.2) is 42.5 Å². The first-order valence-corrected chi connectivity index (χ1v) is 15.5. The van der Waals surface area contributed by atoms with Crippen molar-refractivity contribution in [3.63, 3.8) is 0 Å². The highest BCUT2D eigenvalue weighted by Gasteiger charge is 2.48. The van der Waals surface area contributed by atoms with Crippen LogP contribution >= 0.6 is 0 Å². The number of rotatable bonds is 9. The molecule has 1 amide bonds. The minimum atomic E-state index is -0.915. The van der Waals surface area contributed by atoms with Gasteiger partial charge in [0.15, 0.2) is 0 Å². The molecule has 0 spiro atoms. The molecule has 5 aliphatic carbocycles. The standard InChI is InChI=1S/C34H44F2N2O2/c1-21(39)38-31(17-24-15-29(35)19-30(36)16-24)32(40)20-37-34(8-3-2-4-9-34)28-7-5-6-25(18-28)33-26-11-22-10-23(13-26)14-27(33)12-22/h5-7,15-16,18-19,22-23,26-27,31-33,37,40H,2-4,8-14,17,20H2,1H3,(H,38,39)/t22?,23?,26?,27?,31-,32+,33?/m0/s1. The largest absolute Gasteiger partial charge is 0.390 e. The summed E-state index contributed by atoms with van der Waals surface area (Å²) < 4.78 is 27.7. The van der Waals surface area contributed by atoms with Gasteiger partial charge in [0.05, 0.1) is 12.1 Å². The van der Waals surface area contributed by atoms with E-state index in [0.29, 0.717) is 11.5 Å². The van der Waals surface area contributed by atoms with Crippen LogP contribution in [0.5, 0.6) is 0 Å². The Labute approximate surface area is 237 Å². The van der Waals surface area contributed by atoms with Crippen LogP contribution in [-0.2, 0) is 16.8 Å². The summed E-state index contributed by atoms with van der Waals surface area (Å²) in [5.41, 5.74) is 3.00. The van der Waals surface area contributed by atoms with E-state index in [4.69, 9.17) is 0 Å². The fourth-order valence-corrected chi connectivity index (χ4v) is 9.21. The van der Waals surface area contributed by atoms with Crippen molar-refractivity contribution in [3.8, 4) is 0 Å². The second-order valence-corrected chi connectivity index (χ2v) is 13.5. The van der Waals surface area contributed by atoms with Gasteiger partial charge < -0.3 is 15.7 Å². The van der Waals surface area contributed by atoms with Gasteiger partial charge in [0.25, 0.3) is 0 Å². The zero-order valence-corrected chi connectivity index (χ0v) is 23.7. The summed E-state index contributed by atoms with van der Waals surface area (Å²) in [6, 6.07) is 12.0. The number of nitrogens with one attached hydrogen (secondary N) is 2. The zero-order valence-electron chi connectivity index (χ0n) is 23.7. The van der Waals surface area contributed by atoms with Crippen LogP contribution in [-0.4, -0.2) is 29.7 Å². The topological polar surface area (TPSA) is 61.4 Å². The van der Waals surface area contributed by atoms with Gasteiger partial charge in [-0.15, -0.1) is 0 Å². The normalized spacial score (nSPS) is 30.1. The van der Waals surface area contributed by atoms with Crippen LogP contribution in [0, 0.1) is 35.3 Å². The van der Waals surface area contributed by atoms with E-state index in [1.807, 2.05) is 0 Å². The molecule has 4 bridgehead atoms. The third kappa shape index (κ3) is 5.85. The average molecular weight is 551 g/mol. The predicted octanol–water partition coefficient (Wildman–Crippen LogP) is 6.36. The number of carbonyl (C=O) groups excluding carboxylic acids is 1. The zero-order chi connectivity index (χ0) is 27.9. The highest BCUT2D eigenvalue weighted by Crippen LogP contribution is 2.60. The van der Waals surface area contributed by atoms with Gasteiger partial charge in [-0.2, -0.15) is 0 Å². The Balaban J connectivity index is 1.20. The van der Waals surface area contributed by atoms with E-state index < -0.39 is 23.8 Å². The molecule has 0 saturated heterocycles. The summed E-state index contributed by atoms with van der Waals surface area (Å²) in [6.45, 7) is 1.68. The summed E-state index contributed by atoms with van der Waals surface area (Å²) in [5.74, 6) is 2.63. The fraction of sp³-hybridized carbons (Fsp3) is 0.618. The number of benzene rings is 2. The first kappa shape index (κ1) is 27.8. The van der Waals surface area contributed by atoms with Crippen molar-refractivity contribution in [2.24, 2.45) is 23.7 Å². The lowest BCUT2D eigenvalue weighted by atomic mass is 9.50. The van der Waals surface area contributed by atoms with Crippen molar-refractivity contribution < 1.29 is 18.7 Å². The summed E-state index contributed by atoms with van der Waals surface area (Å²) >= 11 is 0. The lowest BCUT2D eigenvalue weighted by Crippen LogP contribution is -2.53. The Morgan fingerprint density at radius 2 is 1.60 bits per heavy atom. The number of carbonyl (C=O) groups is 1. The van der Waals surface area contributed by atoms with Crippen molar-refractivity contribution in [3.05, 3.63) is 70.8 Å². The number of hydrogen-bond donors (Lipinski definition) is 3. The summed E-state index contributed by atoms with van der Waals surface area (Å²) in [7, 11) is 0. The molecule has 7 rings (SSSR count). The van der Waals surface area contributed by atoms with E-state index in [2.05, 4.69) is 34.9 Å². The van der Waals surface area contributed by atoms with Crippen molar-refractivity contribution in [1.29, 1.82) is 0 Å². The van der Waals surface area contributed by atoms with E-state index >= 15 is 0 Å². The molecule has 2 aromatic rings. The van der Waals surface area contributed by atoms with Crippen LogP contribution in [0.3, 0.4) is 0 Å². The molecular formula is C34H44F2N2O2. The molecule has 3 N–H and O–H groups in total. The molecule has 5 fully saturated rings. The van der Waals surface area contributed by atoms with E-state index in [0.717, 1.165) is 55.4 Å². The molecule has 2 aromatic carbocycles. The third-order valence-corrected chi connectivity index (χ3v) is 10.6. The first-order chi connectivity index (χ1) is 19.3. The van der Waals surface area contributed by atoms with Crippen LogP contribution in [0.2, 0.25) is 0 Å². The summed E-state index contributed by atoms with van der Waals surface area (Å²) in [4.78, 5) is 12.0. The van der Waals surface area contributed by atoms with Crippen molar-refractivity contribution in [1.82, 2.24) is 10.6 Å². The maximum atomic E-state index is 13.8. The van der Waals surface area contributed by atoms with Gasteiger partial charge in [0, 0.05) is 25.1 Å². The van der Waals surface area contributed by atoms with E-state index in [1.54, 1.807) is 0 Å². The Bertz CT molecular complexity index is 1160. The van der Waals surface area contributed by atoms with Crippen LogP contribution in [0.4, 0.5) is 8.78 Å². The highest BCUT2D eigenvalue weighted by atomic mass is 19.1. The highest BCUT2D eigenvalue weighted by molar-refractivity contribution is 5.73. The van der Waals surface area contributed by atoms with Gasteiger partial charge in [-0.05, 0) is 110 Å². The number of amides is 1. The molecule has 5 aliphatic rings. The maximum Gasteiger partial charge on any atom is 0.217 e. The Kier molecular flexibility index (Phi) is 8.02. The fourth-order valence-electron chi connectivity index (χ4n) is 9.21. The molecule has 2 atom stereocenters. The number of halogens is 2. The molecule has 4 nitrogen and oxygen atoms in total. The van der Waals surface area contributed by atoms with Gasteiger partial charge in [0.2, 0.25) is 5.91 Å². The monoisotopic (exact) mass is 550 g/mol. The molecule has 0 unspecified atom stereocenters. The second-order valence-electron chi connectivity index (χ2n) is 13.5. The number of aliphatic hydroxyl groups is 1. The van der Waals surface area contributed by atoms with Crippen molar-refractivity contribution in [2.75, 3.05) is 6.54 Å². The van der Waals surface area contributed by atoms with Gasteiger partial charge in [-0.1, -0.05) is 43.5 Å². The smallest absolute Gasteiger partial charge is 0.217 e. The molecule has 0 heterocycles. The van der Waals surface area contributed by atoms with Gasteiger partial charge in [0.1, 0.15) is 11.6 Å². The summed E-state index contributed by atoms with van der Waals surface area (Å²) in [5, 5.41) is 17.9. The minimum absolute atomic E-state index is 0.145. The second kappa shape index (κ2) is 11.5. The number of hydrogen-bond acceptors (Lipinski definition) is 3. The van der Waals surface area contributed by atoms with Crippen LogP contribution in [0.1, 0.15) is 93.7 Å². The first-order valence-electron chi connectivity index (χ1n) is 15.5. The lowest BCUT2D eigenvalue weighted by Gasteiger charge is -2.54. The SMILES string of the molecule is CC(=O)N[C@@H](Cc1cc(F)cc(F)c1)[C@H](O)CNC1(c2cccc(C3C4CC5CC(C4)CC3C5)c2)CCCCC1. The Morgan fingerprint density at radius 3 is 2.23 bits per heavy atom. The van der Waals surface area contributed by atoms with Crippen LogP contribution in [0.25, 0.3) is 0 Å². The van der Waals surface area contributed by atoms with E-state index in [9.17, 15) is 18.7 Å². The number of aliphatic hydroxyl groups excluding tert-OH is 1. The Hall–Kier alpha value is -2.31. The van der Waals surface area contributed by atoms with Gasteiger partial charge >= 0.3 is 0 Å². The molecule has 0 aromatic heterocycles. The molecule has 5 saturated carbocycles. The van der Waals surface area contributed by atoms with E-state index in [1.165, 1.54) is 68.7 Å². The van der Waals surface area contributed by atoms with Crippen molar-refractivity contribution in [2.45, 2.75) is 101 Å². The quantitative estimate of drug-likeness (QED) is 0.340. The molecule has 216 valence electrons. The van der Waals surface area contributed by atoms with E-state index in [-0.39, 0.29) is 24.4 Å².